The molecule has 0 spiro atoms. The highest BCUT2D eigenvalue weighted by Gasteiger charge is 2.31. The average Bonchev–Trinajstić information content (AvgIpc) is 2.54. The summed E-state index contributed by atoms with van der Waals surface area (Å²) in [6.45, 7) is 13.6. The SMILES string of the molecule is CCOCc1cc2c(cc1CC)C(C)(C)CCN2CCCOC. The third kappa shape index (κ3) is 4.27. The molecule has 1 aromatic carbocycles. The minimum atomic E-state index is 0.251. The van der Waals surface area contributed by atoms with Gasteiger partial charge in [0, 0.05) is 39.1 Å². The van der Waals surface area contributed by atoms with Crippen LogP contribution in [0.1, 0.15) is 57.2 Å². The van der Waals surface area contributed by atoms with Crippen molar-refractivity contribution < 1.29 is 9.47 Å². The Morgan fingerprint density at radius 2 is 1.96 bits per heavy atom. The zero-order valence-electron chi connectivity index (χ0n) is 15.6. The number of rotatable bonds is 8. The molecule has 1 aromatic rings. The highest BCUT2D eigenvalue weighted by molar-refractivity contribution is 5.62. The summed E-state index contributed by atoms with van der Waals surface area (Å²) in [4.78, 5) is 2.54. The van der Waals surface area contributed by atoms with Gasteiger partial charge in [-0.05, 0) is 54.4 Å². The van der Waals surface area contributed by atoms with Gasteiger partial charge in [0.15, 0.2) is 0 Å². The van der Waals surface area contributed by atoms with Crippen LogP contribution in [0.2, 0.25) is 0 Å². The molecule has 23 heavy (non-hydrogen) atoms. The van der Waals surface area contributed by atoms with Crippen LogP contribution in [0.3, 0.4) is 0 Å². The highest BCUT2D eigenvalue weighted by atomic mass is 16.5. The second kappa shape index (κ2) is 8.16. The molecule has 0 N–H and O–H groups in total. The Kier molecular flexibility index (Phi) is 6.49. The van der Waals surface area contributed by atoms with Gasteiger partial charge >= 0.3 is 0 Å². The van der Waals surface area contributed by atoms with Crippen LogP contribution in [0.25, 0.3) is 0 Å². The number of hydrogen-bond donors (Lipinski definition) is 0. The van der Waals surface area contributed by atoms with E-state index in [0.717, 1.165) is 45.8 Å². The average molecular weight is 319 g/mol. The maximum absolute atomic E-state index is 5.70. The van der Waals surface area contributed by atoms with Gasteiger partial charge in [0.1, 0.15) is 0 Å². The molecule has 0 fully saturated rings. The number of fused-ring (bicyclic) bond motifs is 1. The molecule has 0 saturated carbocycles. The van der Waals surface area contributed by atoms with Gasteiger partial charge in [-0.3, -0.25) is 0 Å². The first-order chi connectivity index (χ1) is 11.0. The van der Waals surface area contributed by atoms with Gasteiger partial charge in [0.2, 0.25) is 0 Å². The molecule has 1 aliphatic rings. The van der Waals surface area contributed by atoms with Gasteiger partial charge < -0.3 is 14.4 Å². The minimum absolute atomic E-state index is 0.251. The van der Waals surface area contributed by atoms with Crippen molar-refractivity contribution in [2.75, 3.05) is 38.3 Å². The molecule has 3 heteroatoms. The fourth-order valence-electron chi connectivity index (χ4n) is 3.46. The molecule has 0 saturated heterocycles. The first-order valence-electron chi connectivity index (χ1n) is 9.01. The summed E-state index contributed by atoms with van der Waals surface area (Å²) in [5.41, 5.74) is 5.94. The first-order valence-corrected chi connectivity index (χ1v) is 9.01. The van der Waals surface area contributed by atoms with E-state index < -0.39 is 0 Å². The maximum Gasteiger partial charge on any atom is 0.0720 e. The molecule has 0 aromatic heterocycles. The summed E-state index contributed by atoms with van der Waals surface area (Å²) in [6, 6.07) is 4.82. The quantitative estimate of drug-likeness (QED) is 0.667. The minimum Gasteiger partial charge on any atom is -0.385 e. The number of anilines is 1. The van der Waals surface area contributed by atoms with Gasteiger partial charge in [-0.2, -0.15) is 0 Å². The van der Waals surface area contributed by atoms with Crippen LogP contribution in [-0.2, 0) is 27.9 Å². The second-order valence-corrected chi connectivity index (χ2v) is 7.10. The summed E-state index contributed by atoms with van der Waals surface area (Å²) in [6.07, 6.45) is 3.35. The van der Waals surface area contributed by atoms with Crippen LogP contribution in [0, 0.1) is 0 Å². The van der Waals surface area contributed by atoms with Gasteiger partial charge in [0.25, 0.3) is 0 Å². The van der Waals surface area contributed by atoms with E-state index in [1.165, 1.54) is 28.8 Å². The Morgan fingerprint density at radius 1 is 1.17 bits per heavy atom. The third-order valence-electron chi connectivity index (χ3n) is 5.01. The number of methoxy groups -OCH3 is 1. The molecule has 0 radical (unpaired) electrons. The van der Waals surface area contributed by atoms with Gasteiger partial charge in [-0.25, -0.2) is 0 Å². The van der Waals surface area contributed by atoms with Crippen molar-refractivity contribution in [1.82, 2.24) is 0 Å². The molecule has 0 aliphatic carbocycles. The van der Waals surface area contributed by atoms with E-state index >= 15 is 0 Å². The molecule has 1 heterocycles. The van der Waals surface area contributed by atoms with Crippen LogP contribution < -0.4 is 4.90 Å². The summed E-state index contributed by atoms with van der Waals surface area (Å²) in [5, 5.41) is 0. The summed E-state index contributed by atoms with van der Waals surface area (Å²) >= 11 is 0. The fraction of sp³-hybridized carbons (Fsp3) is 0.700. The van der Waals surface area contributed by atoms with Crippen LogP contribution in [-0.4, -0.2) is 33.4 Å². The normalized spacial score (nSPS) is 16.5. The maximum atomic E-state index is 5.70. The molecule has 1 aliphatic heterocycles. The zero-order valence-corrected chi connectivity index (χ0v) is 15.6. The van der Waals surface area contributed by atoms with E-state index in [0.29, 0.717) is 0 Å². The van der Waals surface area contributed by atoms with Crippen molar-refractivity contribution in [2.45, 2.75) is 59.0 Å². The van der Waals surface area contributed by atoms with Gasteiger partial charge in [0.05, 0.1) is 6.61 Å². The zero-order chi connectivity index (χ0) is 16.9. The van der Waals surface area contributed by atoms with Gasteiger partial charge in [-0.1, -0.05) is 26.8 Å². The second-order valence-electron chi connectivity index (χ2n) is 7.10. The molecular weight excluding hydrogens is 286 g/mol. The molecule has 0 amide bonds. The summed E-state index contributed by atoms with van der Waals surface area (Å²) in [5.74, 6) is 0. The van der Waals surface area contributed by atoms with Crippen molar-refractivity contribution in [1.29, 1.82) is 0 Å². The molecule has 3 nitrogen and oxygen atoms in total. The van der Waals surface area contributed by atoms with E-state index in [9.17, 15) is 0 Å². The van der Waals surface area contributed by atoms with E-state index in [1.54, 1.807) is 7.11 Å². The molecule has 2 rings (SSSR count). The lowest BCUT2D eigenvalue weighted by Gasteiger charge is -2.41. The van der Waals surface area contributed by atoms with E-state index in [-0.39, 0.29) is 5.41 Å². The van der Waals surface area contributed by atoms with Crippen molar-refractivity contribution in [3.63, 3.8) is 0 Å². The summed E-state index contributed by atoms with van der Waals surface area (Å²) in [7, 11) is 1.78. The van der Waals surface area contributed by atoms with Crippen LogP contribution in [0.5, 0.6) is 0 Å². The van der Waals surface area contributed by atoms with Gasteiger partial charge in [-0.15, -0.1) is 0 Å². The lowest BCUT2D eigenvalue weighted by Crippen LogP contribution is -2.38. The van der Waals surface area contributed by atoms with Crippen molar-refractivity contribution in [2.24, 2.45) is 0 Å². The lowest BCUT2D eigenvalue weighted by atomic mass is 9.76. The van der Waals surface area contributed by atoms with E-state index in [4.69, 9.17) is 9.47 Å². The third-order valence-corrected chi connectivity index (χ3v) is 5.01. The Labute approximate surface area is 142 Å². The number of ether oxygens (including phenoxy) is 2. The Hall–Kier alpha value is -1.06. The standard InChI is InChI=1S/C20H33NO2/c1-6-16-13-18-19(14-17(16)15-23-7-2)21(10-8-12-22-5)11-9-20(18,3)4/h13-14H,6-12,15H2,1-5H3. The number of aryl methyl sites for hydroxylation is 1. The molecule has 0 atom stereocenters. The number of benzene rings is 1. The predicted molar refractivity (Wildman–Crippen MR) is 97.5 cm³/mol. The van der Waals surface area contributed by atoms with Crippen LogP contribution in [0.4, 0.5) is 5.69 Å². The molecular formula is C20H33NO2. The highest BCUT2D eigenvalue weighted by Crippen LogP contribution is 2.41. The number of nitrogens with zero attached hydrogens (tertiary/aromatic N) is 1. The lowest BCUT2D eigenvalue weighted by molar-refractivity contribution is 0.133. The summed E-state index contributed by atoms with van der Waals surface area (Å²) < 4.78 is 10.9. The largest absolute Gasteiger partial charge is 0.385 e. The smallest absolute Gasteiger partial charge is 0.0720 e. The van der Waals surface area contributed by atoms with E-state index in [2.05, 4.69) is 44.7 Å². The molecule has 0 unspecified atom stereocenters. The molecule has 0 bridgehead atoms. The predicted octanol–water partition coefficient (Wildman–Crippen LogP) is 4.31. The van der Waals surface area contributed by atoms with Crippen LogP contribution >= 0.6 is 0 Å². The Balaban J connectivity index is 2.35. The van der Waals surface area contributed by atoms with Crippen molar-refractivity contribution >= 4 is 5.69 Å². The fourth-order valence-corrected chi connectivity index (χ4v) is 3.46. The van der Waals surface area contributed by atoms with Crippen molar-refractivity contribution in [3.8, 4) is 0 Å². The monoisotopic (exact) mass is 319 g/mol. The van der Waals surface area contributed by atoms with Crippen LogP contribution in [0.15, 0.2) is 12.1 Å². The van der Waals surface area contributed by atoms with Crippen molar-refractivity contribution in [3.05, 3.63) is 28.8 Å². The topological polar surface area (TPSA) is 21.7 Å². The molecule has 130 valence electrons. The Morgan fingerprint density at radius 3 is 2.61 bits per heavy atom. The first kappa shape index (κ1) is 18.3. The number of hydrogen-bond acceptors (Lipinski definition) is 3. The Bertz CT molecular complexity index is 511. The van der Waals surface area contributed by atoms with E-state index in [1.807, 2.05) is 0 Å².